The SMILES string of the molecule is NC1CSCC1c1nc(-c2ccccc2F)no1. The number of nitrogens with two attached hydrogens (primary N) is 1. The van der Waals surface area contributed by atoms with E-state index in [1.165, 1.54) is 6.07 Å². The summed E-state index contributed by atoms with van der Waals surface area (Å²) in [4.78, 5) is 4.26. The van der Waals surface area contributed by atoms with Crippen LogP contribution in [0, 0.1) is 5.82 Å². The van der Waals surface area contributed by atoms with Gasteiger partial charge in [-0.3, -0.25) is 0 Å². The van der Waals surface area contributed by atoms with Gasteiger partial charge in [0.1, 0.15) is 5.82 Å². The Labute approximate surface area is 108 Å². The van der Waals surface area contributed by atoms with Crippen LogP contribution in [0.2, 0.25) is 0 Å². The second-order valence-electron chi connectivity index (χ2n) is 4.24. The highest BCUT2D eigenvalue weighted by Gasteiger charge is 2.31. The first-order chi connectivity index (χ1) is 8.75. The van der Waals surface area contributed by atoms with E-state index in [1.54, 1.807) is 30.0 Å². The van der Waals surface area contributed by atoms with Gasteiger partial charge >= 0.3 is 0 Å². The van der Waals surface area contributed by atoms with Crippen molar-refractivity contribution in [3.63, 3.8) is 0 Å². The number of thioether (sulfide) groups is 1. The first kappa shape index (κ1) is 11.7. The number of hydrogen-bond donors (Lipinski definition) is 1. The molecule has 94 valence electrons. The van der Waals surface area contributed by atoms with Crippen LogP contribution in [0.3, 0.4) is 0 Å². The standard InChI is InChI=1S/C12H12FN3OS/c13-9-4-2-1-3-7(9)11-15-12(17-16-11)8-5-18-6-10(8)14/h1-4,8,10H,5-6,14H2. The van der Waals surface area contributed by atoms with Gasteiger partial charge in [0.25, 0.3) is 0 Å². The molecule has 2 unspecified atom stereocenters. The second-order valence-corrected chi connectivity index (χ2v) is 5.32. The molecule has 2 aromatic rings. The molecule has 0 saturated carbocycles. The summed E-state index contributed by atoms with van der Waals surface area (Å²) in [6.45, 7) is 0. The molecular weight excluding hydrogens is 253 g/mol. The molecule has 1 saturated heterocycles. The normalized spacial score (nSPS) is 23.4. The molecular formula is C12H12FN3OS. The largest absolute Gasteiger partial charge is 0.339 e. The Morgan fingerprint density at radius 3 is 2.89 bits per heavy atom. The molecule has 0 amide bonds. The molecule has 6 heteroatoms. The van der Waals surface area contributed by atoms with E-state index in [4.69, 9.17) is 10.3 Å². The Morgan fingerprint density at radius 1 is 1.33 bits per heavy atom. The topological polar surface area (TPSA) is 64.9 Å². The Kier molecular flexibility index (Phi) is 3.05. The van der Waals surface area contributed by atoms with Crippen molar-refractivity contribution in [1.29, 1.82) is 0 Å². The molecule has 1 aromatic heterocycles. The summed E-state index contributed by atoms with van der Waals surface area (Å²) >= 11 is 1.77. The van der Waals surface area contributed by atoms with Crippen LogP contribution in [0.15, 0.2) is 28.8 Å². The van der Waals surface area contributed by atoms with Crippen LogP contribution in [0.5, 0.6) is 0 Å². The van der Waals surface area contributed by atoms with Crippen molar-refractivity contribution in [1.82, 2.24) is 10.1 Å². The molecule has 0 spiro atoms. The van der Waals surface area contributed by atoms with Gasteiger partial charge in [0, 0.05) is 17.5 Å². The molecule has 3 rings (SSSR count). The van der Waals surface area contributed by atoms with Gasteiger partial charge in [-0.2, -0.15) is 16.7 Å². The number of benzene rings is 1. The van der Waals surface area contributed by atoms with Crippen LogP contribution < -0.4 is 5.73 Å². The minimum Gasteiger partial charge on any atom is -0.339 e. The van der Waals surface area contributed by atoms with Crippen molar-refractivity contribution < 1.29 is 8.91 Å². The van der Waals surface area contributed by atoms with Crippen LogP contribution in [0.25, 0.3) is 11.4 Å². The molecule has 1 aliphatic heterocycles. The highest BCUT2D eigenvalue weighted by molar-refractivity contribution is 7.99. The summed E-state index contributed by atoms with van der Waals surface area (Å²) < 4.78 is 18.8. The molecule has 1 aliphatic rings. The van der Waals surface area contributed by atoms with Crippen molar-refractivity contribution in [3.8, 4) is 11.4 Å². The zero-order valence-electron chi connectivity index (χ0n) is 9.54. The van der Waals surface area contributed by atoms with E-state index in [1.807, 2.05) is 0 Å². The van der Waals surface area contributed by atoms with E-state index >= 15 is 0 Å². The first-order valence-electron chi connectivity index (χ1n) is 5.67. The van der Waals surface area contributed by atoms with Gasteiger partial charge in [-0.15, -0.1) is 0 Å². The number of aromatic nitrogens is 2. The molecule has 4 nitrogen and oxygen atoms in total. The number of nitrogens with zero attached hydrogens (tertiary/aromatic N) is 2. The molecule has 0 radical (unpaired) electrons. The minimum atomic E-state index is -0.352. The zero-order chi connectivity index (χ0) is 12.5. The lowest BCUT2D eigenvalue weighted by molar-refractivity contribution is 0.352. The van der Waals surface area contributed by atoms with E-state index in [0.717, 1.165) is 11.5 Å². The minimum absolute atomic E-state index is 0.0314. The lowest BCUT2D eigenvalue weighted by Gasteiger charge is -2.07. The Balaban J connectivity index is 1.92. The highest BCUT2D eigenvalue weighted by Crippen LogP contribution is 2.31. The summed E-state index contributed by atoms with van der Waals surface area (Å²) in [5.41, 5.74) is 6.32. The van der Waals surface area contributed by atoms with Crippen molar-refractivity contribution in [2.24, 2.45) is 5.73 Å². The fourth-order valence-electron chi connectivity index (χ4n) is 1.96. The number of hydrogen-bond acceptors (Lipinski definition) is 5. The second kappa shape index (κ2) is 4.70. The summed E-state index contributed by atoms with van der Waals surface area (Å²) in [5.74, 6) is 2.28. The van der Waals surface area contributed by atoms with Crippen LogP contribution in [0.4, 0.5) is 4.39 Å². The number of rotatable bonds is 2. The van der Waals surface area contributed by atoms with Crippen LogP contribution in [-0.4, -0.2) is 27.7 Å². The quantitative estimate of drug-likeness (QED) is 0.900. The van der Waals surface area contributed by atoms with Crippen molar-refractivity contribution in [3.05, 3.63) is 36.0 Å². The monoisotopic (exact) mass is 265 g/mol. The third-order valence-corrected chi connectivity index (χ3v) is 4.21. The van der Waals surface area contributed by atoms with Gasteiger partial charge in [-0.1, -0.05) is 17.3 Å². The van der Waals surface area contributed by atoms with E-state index in [2.05, 4.69) is 10.1 Å². The Bertz CT molecular complexity index is 560. The van der Waals surface area contributed by atoms with Crippen molar-refractivity contribution >= 4 is 11.8 Å². The average molecular weight is 265 g/mol. The molecule has 18 heavy (non-hydrogen) atoms. The lowest BCUT2D eigenvalue weighted by Crippen LogP contribution is -2.26. The van der Waals surface area contributed by atoms with Crippen molar-refractivity contribution in [2.45, 2.75) is 12.0 Å². The van der Waals surface area contributed by atoms with Gasteiger partial charge in [0.15, 0.2) is 0 Å². The smallest absolute Gasteiger partial charge is 0.232 e. The molecule has 2 atom stereocenters. The Hall–Kier alpha value is -1.40. The zero-order valence-corrected chi connectivity index (χ0v) is 10.4. The first-order valence-corrected chi connectivity index (χ1v) is 6.83. The van der Waals surface area contributed by atoms with Gasteiger partial charge in [-0.25, -0.2) is 4.39 Å². The van der Waals surface area contributed by atoms with E-state index in [9.17, 15) is 4.39 Å². The third kappa shape index (κ3) is 2.02. The predicted molar refractivity (Wildman–Crippen MR) is 67.7 cm³/mol. The van der Waals surface area contributed by atoms with Gasteiger partial charge in [0.2, 0.25) is 11.7 Å². The molecule has 1 fully saturated rings. The fourth-order valence-corrected chi connectivity index (χ4v) is 3.25. The summed E-state index contributed by atoms with van der Waals surface area (Å²) in [5, 5.41) is 3.84. The average Bonchev–Trinajstić information content (AvgIpc) is 2.98. The molecule has 0 aliphatic carbocycles. The van der Waals surface area contributed by atoms with Gasteiger partial charge in [0.05, 0.1) is 11.5 Å². The third-order valence-electron chi connectivity index (χ3n) is 3.00. The maximum atomic E-state index is 13.6. The Morgan fingerprint density at radius 2 is 2.17 bits per heavy atom. The summed E-state index contributed by atoms with van der Waals surface area (Å²) in [6, 6.07) is 6.41. The van der Waals surface area contributed by atoms with Crippen LogP contribution in [0.1, 0.15) is 11.8 Å². The van der Waals surface area contributed by atoms with Gasteiger partial charge < -0.3 is 10.3 Å². The van der Waals surface area contributed by atoms with Crippen molar-refractivity contribution in [2.75, 3.05) is 11.5 Å². The van der Waals surface area contributed by atoms with E-state index in [0.29, 0.717) is 11.5 Å². The molecule has 2 N–H and O–H groups in total. The number of halogens is 1. The summed E-state index contributed by atoms with van der Waals surface area (Å²) in [6.07, 6.45) is 0. The van der Waals surface area contributed by atoms with Crippen LogP contribution >= 0.6 is 11.8 Å². The molecule has 0 bridgehead atoms. The lowest BCUT2D eigenvalue weighted by atomic mass is 10.1. The van der Waals surface area contributed by atoms with Gasteiger partial charge in [-0.05, 0) is 12.1 Å². The fraction of sp³-hybridized carbons (Fsp3) is 0.333. The van der Waals surface area contributed by atoms with E-state index in [-0.39, 0.29) is 23.6 Å². The predicted octanol–water partition coefficient (Wildman–Crippen LogP) is 2.03. The maximum Gasteiger partial charge on any atom is 0.232 e. The molecule has 2 heterocycles. The molecule has 1 aromatic carbocycles. The highest BCUT2D eigenvalue weighted by atomic mass is 32.2. The maximum absolute atomic E-state index is 13.6. The van der Waals surface area contributed by atoms with Crippen LogP contribution in [-0.2, 0) is 0 Å². The van der Waals surface area contributed by atoms with E-state index < -0.39 is 0 Å². The summed E-state index contributed by atoms with van der Waals surface area (Å²) in [7, 11) is 0.